The molecular formula is C13H17F2NO2. The van der Waals surface area contributed by atoms with Crippen molar-refractivity contribution in [1.29, 1.82) is 0 Å². The standard InChI is InChI=1S/C13H17F2NO2/c1-8(16)11-5-4-10(17-7-9-2-3-9)6-12(11)18-13(14)15/h4-6,8-9,13H,2-3,7,16H2,1H3/t8-/m0/s1. The Morgan fingerprint density at radius 2 is 2.11 bits per heavy atom. The van der Waals surface area contributed by atoms with Crippen molar-refractivity contribution in [3.63, 3.8) is 0 Å². The number of nitrogens with two attached hydrogens (primary N) is 1. The van der Waals surface area contributed by atoms with Gasteiger partial charge in [-0.3, -0.25) is 0 Å². The summed E-state index contributed by atoms with van der Waals surface area (Å²) in [6.45, 7) is -0.509. The molecule has 5 heteroatoms. The zero-order valence-corrected chi connectivity index (χ0v) is 10.2. The van der Waals surface area contributed by atoms with Crippen LogP contribution in [0.2, 0.25) is 0 Å². The molecule has 1 saturated carbocycles. The van der Waals surface area contributed by atoms with Crippen molar-refractivity contribution in [2.24, 2.45) is 11.7 Å². The summed E-state index contributed by atoms with van der Waals surface area (Å²) in [5.41, 5.74) is 6.26. The van der Waals surface area contributed by atoms with Crippen molar-refractivity contribution >= 4 is 0 Å². The molecule has 1 aromatic carbocycles. The quantitative estimate of drug-likeness (QED) is 0.851. The SMILES string of the molecule is C[C@H](N)c1ccc(OCC2CC2)cc1OC(F)F. The summed E-state index contributed by atoms with van der Waals surface area (Å²) >= 11 is 0. The van der Waals surface area contributed by atoms with Gasteiger partial charge in [-0.25, -0.2) is 0 Å². The molecule has 1 aliphatic rings. The van der Waals surface area contributed by atoms with Crippen LogP contribution in [0.1, 0.15) is 31.4 Å². The van der Waals surface area contributed by atoms with Gasteiger partial charge in [-0.2, -0.15) is 8.78 Å². The highest BCUT2D eigenvalue weighted by atomic mass is 19.3. The van der Waals surface area contributed by atoms with Crippen molar-refractivity contribution in [2.45, 2.75) is 32.4 Å². The molecule has 0 aromatic heterocycles. The smallest absolute Gasteiger partial charge is 0.387 e. The second-order valence-corrected chi connectivity index (χ2v) is 4.62. The van der Waals surface area contributed by atoms with Crippen molar-refractivity contribution < 1.29 is 18.3 Å². The van der Waals surface area contributed by atoms with E-state index in [0.717, 1.165) is 0 Å². The van der Waals surface area contributed by atoms with Crippen LogP contribution in [0.15, 0.2) is 18.2 Å². The summed E-state index contributed by atoms with van der Waals surface area (Å²) in [5, 5.41) is 0. The fourth-order valence-electron chi connectivity index (χ4n) is 1.68. The highest BCUT2D eigenvalue weighted by molar-refractivity contribution is 5.42. The molecule has 3 nitrogen and oxygen atoms in total. The van der Waals surface area contributed by atoms with Gasteiger partial charge < -0.3 is 15.2 Å². The lowest BCUT2D eigenvalue weighted by Gasteiger charge is -2.15. The summed E-state index contributed by atoms with van der Waals surface area (Å²) in [5.74, 6) is 1.24. The van der Waals surface area contributed by atoms with Crippen LogP contribution in [-0.4, -0.2) is 13.2 Å². The minimum absolute atomic E-state index is 0.0910. The maximum atomic E-state index is 12.3. The van der Waals surface area contributed by atoms with Crippen LogP contribution in [0.25, 0.3) is 0 Å². The number of rotatable bonds is 6. The zero-order chi connectivity index (χ0) is 13.1. The number of halogens is 2. The van der Waals surface area contributed by atoms with E-state index >= 15 is 0 Å². The lowest BCUT2D eigenvalue weighted by Crippen LogP contribution is -2.11. The number of hydrogen-bond donors (Lipinski definition) is 1. The fraction of sp³-hybridized carbons (Fsp3) is 0.538. The van der Waals surface area contributed by atoms with Gasteiger partial charge in [-0.05, 0) is 31.7 Å². The number of ether oxygens (including phenoxy) is 2. The van der Waals surface area contributed by atoms with Gasteiger partial charge in [-0.1, -0.05) is 6.07 Å². The van der Waals surface area contributed by atoms with E-state index in [9.17, 15) is 8.78 Å². The number of benzene rings is 1. The number of alkyl halides is 2. The third kappa shape index (κ3) is 3.57. The summed E-state index contributed by atoms with van der Waals surface area (Å²) in [6, 6.07) is 4.52. The van der Waals surface area contributed by atoms with Gasteiger partial charge in [0.05, 0.1) is 6.61 Å². The Labute approximate surface area is 105 Å². The van der Waals surface area contributed by atoms with E-state index in [-0.39, 0.29) is 11.8 Å². The van der Waals surface area contributed by atoms with Gasteiger partial charge >= 0.3 is 6.61 Å². The molecule has 2 rings (SSSR count). The fourth-order valence-corrected chi connectivity index (χ4v) is 1.68. The van der Waals surface area contributed by atoms with Crippen LogP contribution in [0, 0.1) is 5.92 Å². The van der Waals surface area contributed by atoms with Gasteiger partial charge in [0.25, 0.3) is 0 Å². The molecule has 2 N–H and O–H groups in total. The summed E-state index contributed by atoms with van der Waals surface area (Å²) in [7, 11) is 0. The first-order chi connectivity index (χ1) is 8.56. The van der Waals surface area contributed by atoms with Crippen LogP contribution >= 0.6 is 0 Å². The highest BCUT2D eigenvalue weighted by Crippen LogP contribution is 2.32. The molecular weight excluding hydrogens is 240 g/mol. The van der Waals surface area contributed by atoms with Crippen LogP contribution in [-0.2, 0) is 0 Å². The minimum atomic E-state index is -2.86. The summed E-state index contributed by atoms with van der Waals surface area (Å²) in [6.07, 6.45) is 2.36. The molecule has 0 saturated heterocycles. The molecule has 1 aromatic rings. The largest absolute Gasteiger partial charge is 0.493 e. The maximum absolute atomic E-state index is 12.3. The van der Waals surface area contributed by atoms with Gasteiger partial charge in [-0.15, -0.1) is 0 Å². The highest BCUT2D eigenvalue weighted by Gasteiger charge is 2.22. The molecule has 1 fully saturated rings. The second kappa shape index (κ2) is 5.52. The molecule has 0 radical (unpaired) electrons. The maximum Gasteiger partial charge on any atom is 0.387 e. The third-order valence-corrected chi connectivity index (χ3v) is 2.87. The monoisotopic (exact) mass is 257 g/mol. The lowest BCUT2D eigenvalue weighted by molar-refractivity contribution is -0.0506. The molecule has 0 aliphatic heterocycles. The molecule has 100 valence electrons. The van der Waals surface area contributed by atoms with Gasteiger partial charge in [0.15, 0.2) is 0 Å². The van der Waals surface area contributed by atoms with E-state index in [1.165, 1.54) is 18.9 Å². The molecule has 0 amide bonds. The summed E-state index contributed by atoms with van der Waals surface area (Å²) in [4.78, 5) is 0. The normalized spacial score (nSPS) is 16.7. The molecule has 0 spiro atoms. The Morgan fingerprint density at radius 1 is 1.39 bits per heavy atom. The van der Waals surface area contributed by atoms with Crippen molar-refractivity contribution in [2.75, 3.05) is 6.61 Å². The second-order valence-electron chi connectivity index (χ2n) is 4.62. The Hall–Kier alpha value is -1.36. The van der Waals surface area contributed by atoms with Crippen molar-refractivity contribution in [3.05, 3.63) is 23.8 Å². The molecule has 1 atom stereocenters. The topological polar surface area (TPSA) is 44.5 Å². The minimum Gasteiger partial charge on any atom is -0.493 e. The first-order valence-corrected chi connectivity index (χ1v) is 6.03. The lowest BCUT2D eigenvalue weighted by atomic mass is 10.1. The van der Waals surface area contributed by atoms with E-state index in [0.29, 0.717) is 23.8 Å². The van der Waals surface area contributed by atoms with Crippen molar-refractivity contribution in [3.8, 4) is 11.5 Å². The van der Waals surface area contributed by atoms with Gasteiger partial charge in [0, 0.05) is 17.7 Å². The molecule has 1 aliphatic carbocycles. The molecule has 18 heavy (non-hydrogen) atoms. The zero-order valence-electron chi connectivity index (χ0n) is 10.2. The first kappa shape index (κ1) is 13.1. The Bertz CT molecular complexity index is 406. The Morgan fingerprint density at radius 3 is 2.67 bits per heavy atom. The average Bonchev–Trinajstić information content (AvgIpc) is 3.09. The van der Waals surface area contributed by atoms with Crippen LogP contribution in [0.3, 0.4) is 0 Å². The van der Waals surface area contributed by atoms with E-state index in [2.05, 4.69) is 4.74 Å². The van der Waals surface area contributed by atoms with Crippen molar-refractivity contribution in [1.82, 2.24) is 0 Å². The van der Waals surface area contributed by atoms with E-state index in [1.54, 1.807) is 19.1 Å². The van der Waals surface area contributed by atoms with E-state index in [4.69, 9.17) is 10.5 Å². The van der Waals surface area contributed by atoms with Gasteiger partial charge in [0.1, 0.15) is 11.5 Å². The van der Waals surface area contributed by atoms with Crippen LogP contribution in [0.4, 0.5) is 8.78 Å². The Kier molecular flexibility index (Phi) is 4.01. The molecule has 0 bridgehead atoms. The summed E-state index contributed by atoms with van der Waals surface area (Å²) < 4.78 is 34.6. The van der Waals surface area contributed by atoms with Crippen LogP contribution < -0.4 is 15.2 Å². The van der Waals surface area contributed by atoms with E-state index in [1.807, 2.05) is 0 Å². The third-order valence-electron chi connectivity index (χ3n) is 2.87. The van der Waals surface area contributed by atoms with E-state index < -0.39 is 6.61 Å². The average molecular weight is 257 g/mol. The number of hydrogen-bond acceptors (Lipinski definition) is 3. The predicted molar refractivity (Wildman–Crippen MR) is 63.9 cm³/mol. The predicted octanol–water partition coefficient (Wildman–Crippen LogP) is 3.10. The molecule has 0 unspecified atom stereocenters. The first-order valence-electron chi connectivity index (χ1n) is 6.03. The molecule has 0 heterocycles. The Balaban J connectivity index is 2.11. The van der Waals surface area contributed by atoms with Gasteiger partial charge in [0.2, 0.25) is 0 Å². The van der Waals surface area contributed by atoms with Crippen LogP contribution in [0.5, 0.6) is 11.5 Å².